The third-order valence-electron chi connectivity index (χ3n) is 5.94. The van der Waals surface area contributed by atoms with Crippen LogP contribution in [0.25, 0.3) is 5.69 Å². The summed E-state index contributed by atoms with van der Waals surface area (Å²) >= 11 is 0. The van der Waals surface area contributed by atoms with Gasteiger partial charge >= 0.3 is 5.97 Å². The molecule has 0 saturated heterocycles. The van der Waals surface area contributed by atoms with Gasteiger partial charge in [-0.2, -0.15) is 9.78 Å². The Hall–Kier alpha value is -3.72. The molecule has 2 atom stereocenters. The van der Waals surface area contributed by atoms with Gasteiger partial charge in [-0.1, -0.05) is 57.2 Å². The highest BCUT2D eigenvalue weighted by Gasteiger charge is 2.25. The number of hydrogen-bond acceptors (Lipinski definition) is 5. The molecule has 0 radical (unpaired) electrons. The van der Waals surface area contributed by atoms with Gasteiger partial charge < -0.3 is 20.3 Å². The van der Waals surface area contributed by atoms with E-state index < -0.39 is 35.1 Å². The number of aliphatic hydroxyl groups is 1. The molecule has 1 unspecified atom stereocenters. The fourth-order valence-electron chi connectivity index (χ4n) is 3.64. The summed E-state index contributed by atoms with van der Waals surface area (Å²) in [4.78, 5) is 24.4. The van der Waals surface area contributed by atoms with Crippen LogP contribution in [0.4, 0.5) is 4.39 Å². The van der Waals surface area contributed by atoms with Gasteiger partial charge in [0.25, 0.3) is 5.91 Å². The molecule has 9 heteroatoms. The summed E-state index contributed by atoms with van der Waals surface area (Å²) in [5.74, 6) is -2.45. The summed E-state index contributed by atoms with van der Waals surface area (Å²) in [6, 6.07) is 14.7. The van der Waals surface area contributed by atoms with Crippen molar-refractivity contribution >= 4 is 11.9 Å². The maximum absolute atomic E-state index is 14.5. The predicted molar refractivity (Wildman–Crippen MR) is 133 cm³/mol. The molecular formula is C27H32FN3O5. The second kappa shape index (κ2) is 11.3. The highest BCUT2D eigenvalue weighted by Crippen LogP contribution is 2.26. The van der Waals surface area contributed by atoms with Gasteiger partial charge in [-0.05, 0) is 35.6 Å². The van der Waals surface area contributed by atoms with E-state index in [0.29, 0.717) is 0 Å². The average molecular weight is 498 g/mol. The van der Waals surface area contributed by atoms with Crippen molar-refractivity contribution in [1.82, 2.24) is 15.1 Å². The first-order chi connectivity index (χ1) is 17.0. The minimum Gasteiger partial charge on any atom is -0.481 e. The normalized spacial score (nSPS) is 13.2. The van der Waals surface area contributed by atoms with Crippen LogP contribution in [0.15, 0.2) is 54.6 Å². The van der Waals surface area contributed by atoms with Crippen molar-refractivity contribution < 1.29 is 28.9 Å². The van der Waals surface area contributed by atoms with E-state index in [1.807, 2.05) is 52.0 Å². The predicted octanol–water partition coefficient (Wildman–Crippen LogP) is 4.09. The molecule has 3 rings (SSSR count). The molecule has 192 valence electrons. The number of rotatable bonds is 10. The van der Waals surface area contributed by atoms with E-state index in [-0.39, 0.29) is 36.8 Å². The van der Waals surface area contributed by atoms with Crippen molar-refractivity contribution in [3.8, 4) is 11.6 Å². The first-order valence-corrected chi connectivity index (χ1v) is 11.7. The second-order valence-corrected chi connectivity index (χ2v) is 9.79. The summed E-state index contributed by atoms with van der Waals surface area (Å²) < 4.78 is 21.5. The Labute approximate surface area is 209 Å². The number of nitrogens with zero attached hydrogens (tertiary/aromatic N) is 2. The number of hydrogen-bond donors (Lipinski definition) is 3. The van der Waals surface area contributed by atoms with Crippen LogP contribution in [0.2, 0.25) is 0 Å². The van der Waals surface area contributed by atoms with E-state index in [9.17, 15) is 24.2 Å². The number of nitrogens with one attached hydrogen (secondary N) is 1. The number of aliphatic hydroxyl groups excluding tert-OH is 1. The minimum absolute atomic E-state index is 0.0302. The molecule has 1 amide bonds. The first kappa shape index (κ1) is 26.9. The number of carbonyl (C=O) groups is 2. The number of carboxylic acid groups (broad SMARTS) is 1. The molecule has 3 N–H and O–H groups in total. The van der Waals surface area contributed by atoms with E-state index in [4.69, 9.17) is 4.74 Å². The van der Waals surface area contributed by atoms with Gasteiger partial charge in [-0.3, -0.25) is 9.59 Å². The fourth-order valence-corrected chi connectivity index (χ4v) is 3.64. The van der Waals surface area contributed by atoms with E-state index in [0.717, 1.165) is 11.1 Å². The van der Waals surface area contributed by atoms with E-state index in [1.165, 1.54) is 28.9 Å². The quantitative estimate of drug-likeness (QED) is 0.389. The highest BCUT2D eigenvalue weighted by molar-refractivity contribution is 5.92. The molecule has 0 bridgehead atoms. The molecule has 0 aliphatic rings. The number of ether oxygens (including phenoxy) is 1. The van der Waals surface area contributed by atoms with Crippen molar-refractivity contribution in [3.63, 3.8) is 0 Å². The monoisotopic (exact) mass is 497 g/mol. The van der Waals surface area contributed by atoms with Gasteiger partial charge in [0.2, 0.25) is 5.88 Å². The Balaban J connectivity index is 1.85. The van der Waals surface area contributed by atoms with E-state index in [1.54, 1.807) is 6.07 Å². The molecule has 0 aliphatic carbocycles. The van der Waals surface area contributed by atoms with E-state index in [2.05, 4.69) is 10.4 Å². The van der Waals surface area contributed by atoms with Gasteiger partial charge in [-0.25, -0.2) is 4.39 Å². The molecule has 36 heavy (non-hydrogen) atoms. The van der Waals surface area contributed by atoms with Crippen LogP contribution in [-0.2, 0) is 4.79 Å². The van der Waals surface area contributed by atoms with Gasteiger partial charge in [0, 0.05) is 18.5 Å². The Morgan fingerprint density at radius 1 is 1.14 bits per heavy atom. The standard InChI is InChI=1S/C27H32FN3O5/c1-17-9-5-6-10-19(17)18(13-25(33)34)15-29-26(35)21-14-24(36-16-23(32)27(2,3)4)31(30-21)22-12-8-7-11-20(22)28/h5-12,14,18,23,32H,13,15-16H2,1-4H3,(H,29,35)(H,33,34)/t18?,23-/m1/s1. The molecule has 0 fully saturated rings. The molecule has 8 nitrogen and oxygen atoms in total. The average Bonchev–Trinajstić information content (AvgIpc) is 3.24. The minimum atomic E-state index is -0.977. The maximum Gasteiger partial charge on any atom is 0.304 e. The number of aliphatic carboxylic acids is 1. The van der Waals surface area contributed by atoms with Crippen LogP contribution in [0.1, 0.15) is 54.7 Å². The fraction of sp³-hybridized carbons (Fsp3) is 0.370. The number of para-hydroxylation sites is 1. The maximum atomic E-state index is 14.5. The second-order valence-electron chi connectivity index (χ2n) is 9.79. The summed E-state index contributed by atoms with van der Waals surface area (Å²) in [5, 5.41) is 26.7. The van der Waals surface area contributed by atoms with Crippen molar-refractivity contribution in [2.45, 2.75) is 46.1 Å². The van der Waals surface area contributed by atoms with Crippen molar-refractivity contribution in [2.75, 3.05) is 13.2 Å². The molecule has 0 aliphatic heterocycles. The summed E-state index contributed by atoms with van der Waals surface area (Å²) in [6.07, 6.45) is -0.974. The lowest BCUT2D eigenvalue weighted by Crippen LogP contribution is -2.32. The van der Waals surface area contributed by atoms with Gasteiger partial charge in [0.1, 0.15) is 18.1 Å². The Kier molecular flexibility index (Phi) is 8.47. The summed E-state index contributed by atoms with van der Waals surface area (Å²) in [7, 11) is 0. The van der Waals surface area contributed by atoms with Crippen LogP contribution in [0, 0.1) is 18.2 Å². The van der Waals surface area contributed by atoms with Crippen molar-refractivity contribution in [2.24, 2.45) is 5.41 Å². The van der Waals surface area contributed by atoms with Crippen molar-refractivity contribution in [3.05, 3.63) is 77.2 Å². The SMILES string of the molecule is Cc1ccccc1C(CNC(=O)c1cc(OC[C@@H](O)C(C)(C)C)n(-c2ccccc2F)n1)CC(=O)O. The third-order valence-corrected chi connectivity index (χ3v) is 5.94. The van der Waals surface area contributed by atoms with Crippen LogP contribution >= 0.6 is 0 Å². The van der Waals surface area contributed by atoms with Gasteiger partial charge in [-0.15, -0.1) is 0 Å². The molecular weight excluding hydrogens is 465 g/mol. The Morgan fingerprint density at radius 3 is 2.44 bits per heavy atom. The number of amides is 1. The number of aromatic nitrogens is 2. The zero-order valence-corrected chi connectivity index (χ0v) is 20.9. The number of carbonyl (C=O) groups excluding carboxylic acids is 1. The largest absolute Gasteiger partial charge is 0.481 e. The van der Waals surface area contributed by atoms with Crippen LogP contribution in [-0.4, -0.2) is 51.1 Å². The van der Waals surface area contributed by atoms with E-state index >= 15 is 0 Å². The number of halogens is 1. The lowest BCUT2D eigenvalue weighted by Gasteiger charge is -2.25. The molecule has 1 heterocycles. The summed E-state index contributed by atoms with van der Waals surface area (Å²) in [6.45, 7) is 7.44. The third kappa shape index (κ3) is 6.69. The Bertz CT molecular complexity index is 1220. The first-order valence-electron chi connectivity index (χ1n) is 11.7. The molecule has 0 saturated carbocycles. The zero-order chi connectivity index (χ0) is 26.5. The zero-order valence-electron chi connectivity index (χ0n) is 20.9. The highest BCUT2D eigenvalue weighted by atomic mass is 19.1. The smallest absolute Gasteiger partial charge is 0.304 e. The van der Waals surface area contributed by atoms with Crippen LogP contribution in [0.3, 0.4) is 0 Å². The number of carboxylic acids is 1. The lowest BCUT2D eigenvalue weighted by atomic mass is 9.90. The number of aryl methyl sites for hydroxylation is 1. The lowest BCUT2D eigenvalue weighted by molar-refractivity contribution is -0.137. The summed E-state index contributed by atoms with van der Waals surface area (Å²) in [5.41, 5.74) is 1.36. The molecule has 2 aromatic carbocycles. The molecule has 3 aromatic rings. The number of benzene rings is 2. The Morgan fingerprint density at radius 2 is 1.81 bits per heavy atom. The molecule has 0 spiro atoms. The van der Waals surface area contributed by atoms with Crippen LogP contribution < -0.4 is 10.1 Å². The van der Waals surface area contributed by atoms with Gasteiger partial charge in [0.05, 0.1) is 12.5 Å². The topological polar surface area (TPSA) is 114 Å². The van der Waals surface area contributed by atoms with Gasteiger partial charge in [0.15, 0.2) is 5.69 Å². The van der Waals surface area contributed by atoms with Crippen LogP contribution in [0.5, 0.6) is 5.88 Å². The molecule has 1 aromatic heterocycles. The van der Waals surface area contributed by atoms with Crippen molar-refractivity contribution in [1.29, 1.82) is 0 Å².